The third kappa shape index (κ3) is 8.69. The first-order valence-corrected chi connectivity index (χ1v) is 18.0. The molecule has 51 heavy (non-hydrogen) atoms. The standard InChI is InChI=1S/C26H30N8O14S3/c1-26(2,24(40)41)48-32-19(15-11-49-25(27)30-15)22(38)31-20-16(34(23(20)39)51(45,46)47)9-28-21(37)12-4-3-5-14(6-12)50(43,44)29-8-13-7-17(35)18(36)10-33(13)42/h3-5,7,10-11,14,16,20,29,36,42H,6,8-9H2,1-2H3,(H2,27,30)(H,28,37)(H,31,38)(H,40,41)(H,45,46,47)/b32-19-/t14?,16-,20+/m1/s1. The highest BCUT2D eigenvalue weighted by atomic mass is 32.2. The summed E-state index contributed by atoms with van der Waals surface area (Å²) in [5.41, 5.74) is 1.67. The summed E-state index contributed by atoms with van der Waals surface area (Å²) in [5.74, 6) is -5.64. The number of aromatic hydroxyl groups is 1. The number of β-lactam (4-membered cyclic amide) rings is 1. The van der Waals surface area contributed by atoms with E-state index in [-0.39, 0.29) is 26.4 Å². The van der Waals surface area contributed by atoms with Crippen LogP contribution in [0.2, 0.25) is 0 Å². The van der Waals surface area contributed by atoms with Gasteiger partial charge in [-0.25, -0.2) is 27.2 Å². The molecule has 3 amide bonds. The molecule has 276 valence electrons. The van der Waals surface area contributed by atoms with Crippen molar-refractivity contribution < 1.29 is 60.8 Å². The van der Waals surface area contributed by atoms with Crippen molar-refractivity contribution in [1.29, 1.82) is 0 Å². The summed E-state index contributed by atoms with van der Waals surface area (Å²) in [6.07, 6.45) is 4.03. The van der Waals surface area contributed by atoms with Crippen molar-refractivity contribution in [2.75, 3.05) is 12.3 Å². The smallest absolute Gasteiger partial charge is 0.362 e. The number of carbonyl (C=O) groups excluding carboxylic acids is 3. The van der Waals surface area contributed by atoms with Crippen molar-refractivity contribution in [3.8, 4) is 5.75 Å². The van der Waals surface area contributed by atoms with Crippen LogP contribution in [0.5, 0.6) is 5.75 Å². The molecule has 3 atom stereocenters. The zero-order chi connectivity index (χ0) is 38.1. The van der Waals surface area contributed by atoms with Gasteiger partial charge < -0.3 is 36.6 Å². The maximum Gasteiger partial charge on any atom is 0.362 e. The van der Waals surface area contributed by atoms with Crippen molar-refractivity contribution >= 4 is 66.2 Å². The van der Waals surface area contributed by atoms with Gasteiger partial charge in [0.05, 0.1) is 29.7 Å². The Labute approximate surface area is 291 Å². The van der Waals surface area contributed by atoms with E-state index in [0.29, 0.717) is 10.9 Å². The second kappa shape index (κ2) is 14.5. The van der Waals surface area contributed by atoms with Gasteiger partial charge in [0.2, 0.25) is 27.0 Å². The molecule has 1 saturated heterocycles. The molecule has 3 heterocycles. The number of hydrogen-bond donors (Lipinski definition) is 8. The van der Waals surface area contributed by atoms with Gasteiger partial charge >= 0.3 is 16.3 Å². The second-order valence-electron chi connectivity index (χ2n) is 11.3. The third-order valence-corrected chi connectivity index (χ3v) is 10.6. The van der Waals surface area contributed by atoms with Gasteiger partial charge in [0.1, 0.15) is 11.7 Å². The number of nitrogens with one attached hydrogen (secondary N) is 3. The summed E-state index contributed by atoms with van der Waals surface area (Å²) in [6, 6.07) is -2.50. The largest absolute Gasteiger partial charge is 0.503 e. The number of aromatic nitrogens is 2. The first-order chi connectivity index (χ1) is 23.6. The Balaban J connectivity index is 1.46. The van der Waals surface area contributed by atoms with E-state index in [4.69, 9.17) is 10.6 Å². The Kier molecular flexibility index (Phi) is 10.9. The fourth-order valence-electron chi connectivity index (χ4n) is 4.48. The maximum absolute atomic E-state index is 13.3. The number of thiazole rings is 1. The topological polar surface area (TPSA) is 339 Å². The lowest BCUT2D eigenvalue weighted by Gasteiger charge is -2.44. The number of pyridine rings is 1. The monoisotopic (exact) mass is 774 g/mol. The molecule has 1 fully saturated rings. The van der Waals surface area contributed by atoms with Gasteiger partial charge in [0.25, 0.3) is 11.8 Å². The van der Waals surface area contributed by atoms with Crippen molar-refractivity contribution in [2.45, 2.75) is 49.7 Å². The Hall–Kier alpha value is -5.37. The number of allylic oxidation sites excluding steroid dienone is 2. The molecule has 0 bridgehead atoms. The van der Waals surface area contributed by atoms with Gasteiger partial charge in [-0.1, -0.05) is 23.4 Å². The van der Waals surface area contributed by atoms with E-state index in [1.165, 1.54) is 23.6 Å². The van der Waals surface area contributed by atoms with E-state index in [9.17, 15) is 60.8 Å². The molecule has 9 N–H and O–H groups in total. The summed E-state index contributed by atoms with van der Waals surface area (Å²) in [5, 5.41) is 36.6. The molecule has 1 unspecified atom stereocenters. The first kappa shape index (κ1) is 38.4. The summed E-state index contributed by atoms with van der Waals surface area (Å²) in [7, 11) is -9.46. The number of nitrogen functional groups attached to an aromatic ring is 1. The Morgan fingerprint density at radius 2 is 1.90 bits per heavy atom. The molecule has 0 radical (unpaired) electrons. The Bertz CT molecular complexity index is 2140. The van der Waals surface area contributed by atoms with Crippen LogP contribution in [-0.4, -0.2) is 110 Å². The van der Waals surface area contributed by atoms with Gasteiger partial charge in [-0.3, -0.25) is 23.7 Å². The van der Waals surface area contributed by atoms with Gasteiger partial charge in [-0.15, -0.1) is 11.3 Å². The van der Waals surface area contributed by atoms with Crippen LogP contribution in [0.25, 0.3) is 0 Å². The minimum absolute atomic E-state index is 0.00365. The van der Waals surface area contributed by atoms with Crippen LogP contribution in [0.1, 0.15) is 31.7 Å². The zero-order valence-corrected chi connectivity index (χ0v) is 28.7. The molecule has 2 aromatic rings. The molecule has 0 spiro atoms. The zero-order valence-electron chi connectivity index (χ0n) is 26.3. The number of aliphatic carboxylic acids is 1. The van der Waals surface area contributed by atoms with Crippen molar-refractivity contribution in [2.24, 2.45) is 5.16 Å². The minimum atomic E-state index is -5.21. The van der Waals surface area contributed by atoms with Crippen molar-refractivity contribution in [3.05, 3.63) is 63.1 Å². The predicted octanol–water partition coefficient (Wildman–Crippen LogP) is -2.60. The first-order valence-electron chi connectivity index (χ1n) is 14.2. The van der Waals surface area contributed by atoms with Crippen LogP contribution in [-0.2, 0) is 50.9 Å². The van der Waals surface area contributed by atoms with E-state index in [1.807, 2.05) is 0 Å². The molecule has 0 aromatic carbocycles. The highest BCUT2D eigenvalue weighted by Gasteiger charge is 2.54. The van der Waals surface area contributed by atoms with E-state index in [2.05, 4.69) is 25.5 Å². The summed E-state index contributed by atoms with van der Waals surface area (Å²) in [4.78, 5) is 71.1. The Morgan fingerprint density at radius 3 is 2.51 bits per heavy atom. The number of carbonyl (C=O) groups is 4. The van der Waals surface area contributed by atoms with Gasteiger partial charge in [0, 0.05) is 23.6 Å². The fourth-order valence-corrected chi connectivity index (χ4v) is 7.17. The van der Waals surface area contributed by atoms with Crippen LogP contribution < -0.4 is 26.5 Å². The number of amides is 3. The summed E-state index contributed by atoms with van der Waals surface area (Å²) in [6.45, 7) is 0.991. The van der Waals surface area contributed by atoms with Crippen molar-refractivity contribution in [3.63, 3.8) is 0 Å². The average Bonchev–Trinajstić information content (AvgIpc) is 3.47. The average molecular weight is 775 g/mol. The molecule has 0 saturated carbocycles. The van der Waals surface area contributed by atoms with Crippen LogP contribution in [0.4, 0.5) is 5.13 Å². The molecule has 1 aliphatic heterocycles. The van der Waals surface area contributed by atoms with Gasteiger partial charge in [-0.2, -0.15) is 13.1 Å². The molecule has 2 aliphatic rings. The van der Waals surface area contributed by atoms with Gasteiger partial charge in [-0.05, 0) is 20.3 Å². The molecule has 22 nitrogen and oxygen atoms in total. The predicted molar refractivity (Wildman–Crippen MR) is 174 cm³/mol. The lowest BCUT2D eigenvalue weighted by Crippen LogP contribution is -2.74. The number of nitrogens with zero attached hydrogens (tertiary/aromatic N) is 4. The quantitative estimate of drug-likeness (QED) is 0.0321. The lowest BCUT2D eigenvalue weighted by atomic mass is 9.97. The summed E-state index contributed by atoms with van der Waals surface area (Å²) >= 11 is 0.879. The van der Waals surface area contributed by atoms with E-state index in [1.54, 1.807) is 0 Å². The number of nitrogens with two attached hydrogens (primary N) is 1. The van der Waals surface area contributed by atoms with Crippen LogP contribution in [0.3, 0.4) is 0 Å². The molecular weight excluding hydrogens is 745 g/mol. The minimum Gasteiger partial charge on any atom is -0.503 e. The number of anilines is 1. The number of carboxylic acid groups (broad SMARTS) is 1. The second-order valence-corrected chi connectivity index (χ2v) is 15.5. The number of rotatable bonds is 14. The SMILES string of the molecule is CC(C)(O/N=C(\C(=O)N[C@@H]1C(=O)N(S(=O)(=O)O)[C@@H]1CNC(=O)C1=CC=CC(S(=O)(=O)NCc2cc(=O)c(O)cn2O)C1)c1csc(N)n1)C(=O)O. The molecular formula is C26H30N8O14S3. The molecule has 4 rings (SSSR count). The third-order valence-electron chi connectivity index (χ3n) is 7.31. The maximum atomic E-state index is 13.3. The fraction of sp³-hybridized carbons (Fsp3) is 0.346. The number of sulfonamides is 1. The molecule has 2 aromatic heterocycles. The highest BCUT2D eigenvalue weighted by Crippen LogP contribution is 2.25. The summed E-state index contributed by atoms with van der Waals surface area (Å²) < 4.78 is 62.1. The highest BCUT2D eigenvalue weighted by molar-refractivity contribution is 7.90. The van der Waals surface area contributed by atoms with E-state index >= 15 is 0 Å². The number of hydrogen-bond acceptors (Lipinski definition) is 16. The van der Waals surface area contributed by atoms with Crippen LogP contribution >= 0.6 is 11.3 Å². The lowest BCUT2D eigenvalue weighted by molar-refractivity contribution is -0.161. The number of oxime groups is 1. The van der Waals surface area contributed by atoms with Crippen molar-refractivity contribution in [1.82, 2.24) is 29.4 Å². The van der Waals surface area contributed by atoms with Gasteiger partial charge in [0.15, 0.2) is 16.6 Å². The number of carboxylic acids is 1. The Morgan fingerprint density at radius 1 is 1.22 bits per heavy atom. The normalized spacial score (nSPS) is 19.5. The molecule has 1 aliphatic carbocycles. The van der Waals surface area contributed by atoms with E-state index < -0.39 is 103 Å². The molecule has 25 heteroatoms. The van der Waals surface area contributed by atoms with Crippen LogP contribution in [0.15, 0.2) is 51.4 Å². The van der Waals surface area contributed by atoms with Crippen LogP contribution in [0, 0.1) is 0 Å². The van der Waals surface area contributed by atoms with E-state index in [0.717, 1.165) is 31.3 Å².